The molecule has 0 aromatic heterocycles. The fraction of sp³-hybridized carbons (Fsp3) is 0.409. The fourth-order valence-electron chi connectivity index (χ4n) is 3.32. The molecule has 0 atom stereocenters. The number of nitrogens with two attached hydrogens (primary N) is 1. The van der Waals surface area contributed by atoms with E-state index in [0.717, 1.165) is 48.9 Å². The molecule has 4 nitrogen and oxygen atoms in total. The van der Waals surface area contributed by atoms with Crippen molar-refractivity contribution in [2.24, 2.45) is 11.7 Å². The molecule has 1 aliphatic rings. The number of ether oxygens (including phenoxy) is 1. The molecule has 3 rings (SSSR count). The van der Waals surface area contributed by atoms with Crippen LogP contribution < -0.4 is 15.8 Å². The lowest BCUT2D eigenvalue weighted by atomic mass is 10.0. The first-order valence-corrected chi connectivity index (χ1v) is 9.46. The number of amides is 1. The van der Waals surface area contributed by atoms with E-state index < -0.39 is 5.91 Å². The molecule has 0 bridgehead atoms. The smallest absolute Gasteiger partial charge is 0.248 e. The fourth-order valence-corrected chi connectivity index (χ4v) is 3.32. The van der Waals surface area contributed by atoms with Gasteiger partial charge in [-0.3, -0.25) is 4.79 Å². The topological polar surface area (TPSA) is 64.3 Å². The molecule has 26 heavy (non-hydrogen) atoms. The summed E-state index contributed by atoms with van der Waals surface area (Å²) in [4.78, 5) is 11.4. The minimum Gasteiger partial charge on any atom is -0.457 e. The second kappa shape index (κ2) is 8.37. The Morgan fingerprint density at radius 2 is 1.81 bits per heavy atom. The van der Waals surface area contributed by atoms with Crippen molar-refractivity contribution >= 4 is 5.91 Å². The number of rotatable bonds is 7. The molecule has 0 spiro atoms. The highest BCUT2D eigenvalue weighted by Gasteiger charge is 2.16. The Hall–Kier alpha value is -2.33. The third-order valence-electron chi connectivity index (χ3n) is 4.82. The zero-order valence-electron chi connectivity index (χ0n) is 15.7. The van der Waals surface area contributed by atoms with Crippen LogP contribution in [0.15, 0.2) is 36.4 Å². The molecule has 1 heterocycles. The van der Waals surface area contributed by atoms with Crippen LogP contribution in [0, 0.1) is 5.92 Å². The minimum atomic E-state index is -0.402. The molecule has 0 radical (unpaired) electrons. The number of nitrogens with one attached hydrogen (secondary N) is 1. The van der Waals surface area contributed by atoms with Crippen molar-refractivity contribution in [2.45, 2.75) is 46.1 Å². The molecule has 0 saturated carbocycles. The molecular formula is C22H28N2O2. The van der Waals surface area contributed by atoms with Crippen LogP contribution in [0.2, 0.25) is 0 Å². The standard InChI is InChI=1S/C22H28N2O2/c1-15(2)4-3-11-24-14-16-5-9-20-17(12-16)6-7-18-13-19(22(23)25)8-10-21(18)26-20/h5,8-10,12-13,15,24H,3-4,6-7,11,14H2,1-2H3,(H2,23,25). The molecule has 2 aromatic carbocycles. The Bertz CT molecular complexity index is 784. The number of aryl methyl sites for hydroxylation is 2. The summed E-state index contributed by atoms with van der Waals surface area (Å²) in [5, 5.41) is 3.52. The SMILES string of the molecule is CC(C)CCCNCc1ccc2c(c1)CCc1cc(C(N)=O)ccc1O2. The number of benzene rings is 2. The number of hydrogen-bond donors (Lipinski definition) is 2. The van der Waals surface area contributed by atoms with E-state index in [-0.39, 0.29) is 0 Å². The molecule has 0 fully saturated rings. The summed E-state index contributed by atoms with van der Waals surface area (Å²) in [7, 11) is 0. The summed E-state index contributed by atoms with van der Waals surface area (Å²) in [5.74, 6) is 2.07. The van der Waals surface area contributed by atoms with Crippen LogP contribution in [0.3, 0.4) is 0 Å². The molecule has 0 unspecified atom stereocenters. The van der Waals surface area contributed by atoms with E-state index in [4.69, 9.17) is 10.5 Å². The Balaban J connectivity index is 1.65. The molecule has 138 valence electrons. The lowest BCUT2D eigenvalue weighted by Crippen LogP contribution is -2.15. The van der Waals surface area contributed by atoms with E-state index in [1.54, 1.807) is 6.07 Å². The van der Waals surface area contributed by atoms with Gasteiger partial charge >= 0.3 is 0 Å². The Morgan fingerprint density at radius 3 is 2.50 bits per heavy atom. The maximum Gasteiger partial charge on any atom is 0.248 e. The minimum absolute atomic E-state index is 0.402. The van der Waals surface area contributed by atoms with Crippen LogP contribution in [0.1, 0.15) is 53.7 Å². The van der Waals surface area contributed by atoms with Crippen molar-refractivity contribution in [1.29, 1.82) is 0 Å². The predicted molar refractivity (Wildman–Crippen MR) is 105 cm³/mol. The van der Waals surface area contributed by atoms with Gasteiger partial charge in [-0.15, -0.1) is 0 Å². The summed E-state index contributed by atoms with van der Waals surface area (Å²) >= 11 is 0. The zero-order valence-corrected chi connectivity index (χ0v) is 15.7. The van der Waals surface area contributed by atoms with Gasteiger partial charge in [-0.1, -0.05) is 26.0 Å². The highest BCUT2D eigenvalue weighted by Crippen LogP contribution is 2.34. The van der Waals surface area contributed by atoms with E-state index in [1.807, 2.05) is 12.1 Å². The second-order valence-electron chi connectivity index (χ2n) is 7.44. The zero-order chi connectivity index (χ0) is 18.5. The van der Waals surface area contributed by atoms with Crippen molar-refractivity contribution in [2.75, 3.05) is 6.54 Å². The normalized spacial score (nSPS) is 12.9. The number of primary amides is 1. The molecule has 4 heteroatoms. The van der Waals surface area contributed by atoms with Gasteiger partial charge in [0, 0.05) is 12.1 Å². The van der Waals surface area contributed by atoms with E-state index in [9.17, 15) is 4.79 Å². The first kappa shape index (κ1) is 18.5. The predicted octanol–water partition coefficient (Wildman–Crippen LogP) is 4.20. The van der Waals surface area contributed by atoms with Crippen molar-refractivity contribution in [3.63, 3.8) is 0 Å². The third-order valence-corrected chi connectivity index (χ3v) is 4.82. The van der Waals surface area contributed by atoms with Gasteiger partial charge in [-0.2, -0.15) is 0 Å². The van der Waals surface area contributed by atoms with Crippen LogP contribution in [-0.2, 0) is 19.4 Å². The first-order chi connectivity index (χ1) is 12.5. The van der Waals surface area contributed by atoms with Crippen LogP contribution in [0.4, 0.5) is 0 Å². The Labute approximate surface area is 155 Å². The van der Waals surface area contributed by atoms with Crippen LogP contribution in [0.5, 0.6) is 11.5 Å². The van der Waals surface area contributed by atoms with Crippen molar-refractivity contribution < 1.29 is 9.53 Å². The van der Waals surface area contributed by atoms with Gasteiger partial charge < -0.3 is 15.8 Å². The molecule has 2 aromatic rings. The third kappa shape index (κ3) is 4.64. The molecule has 0 aliphatic carbocycles. The number of hydrogen-bond acceptors (Lipinski definition) is 3. The molecule has 1 amide bonds. The van der Waals surface area contributed by atoms with E-state index in [2.05, 4.69) is 37.4 Å². The largest absolute Gasteiger partial charge is 0.457 e. The van der Waals surface area contributed by atoms with E-state index in [1.165, 1.54) is 24.0 Å². The maximum absolute atomic E-state index is 11.4. The summed E-state index contributed by atoms with van der Waals surface area (Å²) < 4.78 is 6.09. The van der Waals surface area contributed by atoms with Crippen molar-refractivity contribution in [3.8, 4) is 11.5 Å². The maximum atomic E-state index is 11.4. The van der Waals surface area contributed by atoms with Crippen molar-refractivity contribution in [1.82, 2.24) is 5.32 Å². The summed E-state index contributed by atoms with van der Waals surface area (Å²) in [6.45, 7) is 6.45. The molecule has 3 N–H and O–H groups in total. The average molecular weight is 352 g/mol. The lowest BCUT2D eigenvalue weighted by Gasteiger charge is -2.11. The second-order valence-corrected chi connectivity index (χ2v) is 7.44. The quantitative estimate of drug-likeness (QED) is 0.734. The van der Waals surface area contributed by atoms with E-state index >= 15 is 0 Å². The highest BCUT2D eigenvalue weighted by molar-refractivity contribution is 5.93. The van der Waals surface area contributed by atoms with Gasteiger partial charge in [0.1, 0.15) is 11.5 Å². The number of fused-ring (bicyclic) bond motifs is 2. The summed E-state index contributed by atoms with van der Waals surface area (Å²) in [5.41, 5.74) is 9.44. The first-order valence-electron chi connectivity index (χ1n) is 9.46. The van der Waals surface area contributed by atoms with Crippen LogP contribution in [0.25, 0.3) is 0 Å². The lowest BCUT2D eigenvalue weighted by molar-refractivity contribution is 0.1000. The molecular weight excluding hydrogens is 324 g/mol. The van der Waals surface area contributed by atoms with Gasteiger partial charge in [0.2, 0.25) is 5.91 Å². The Morgan fingerprint density at radius 1 is 1.12 bits per heavy atom. The van der Waals surface area contributed by atoms with Gasteiger partial charge in [0.05, 0.1) is 0 Å². The van der Waals surface area contributed by atoms with E-state index in [0.29, 0.717) is 5.56 Å². The number of carbonyl (C=O) groups is 1. The van der Waals surface area contributed by atoms with Crippen LogP contribution >= 0.6 is 0 Å². The average Bonchev–Trinajstić information content (AvgIpc) is 2.79. The van der Waals surface area contributed by atoms with Crippen molar-refractivity contribution in [3.05, 3.63) is 58.7 Å². The molecule has 1 aliphatic heterocycles. The van der Waals surface area contributed by atoms with Gasteiger partial charge in [-0.05, 0) is 79.1 Å². The summed E-state index contributed by atoms with van der Waals surface area (Å²) in [6, 6.07) is 11.8. The number of carbonyl (C=O) groups excluding carboxylic acids is 1. The molecule has 0 saturated heterocycles. The highest BCUT2D eigenvalue weighted by atomic mass is 16.5. The monoisotopic (exact) mass is 352 g/mol. The van der Waals surface area contributed by atoms with Gasteiger partial charge in [0.15, 0.2) is 0 Å². The Kier molecular flexibility index (Phi) is 5.94. The van der Waals surface area contributed by atoms with Crippen LogP contribution in [-0.4, -0.2) is 12.5 Å². The van der Waals surface area contributed by atoms with Gasteiger partial charge in [-0.25, -0.2) is 0 Å². The van der Waals surface area contributed by atoms with Gasteiger partial charge in [0.25, 0.3) is 0 Å². The summed E-state index contributed by atoms with van der Waals surface area (Å²) in [6.07, 6.45) is 4.21.